The van der Waals surface area contributed by atoms with Gasteiger partial charge in [0.25, 0.3) is 11.8 Å². The fourth-order valence-electron chi connectivity index (χ4n) is 4.48. The van der Waals surface area contributed by atoms with Crippen LogP contribution in [0.3, 0.4) is 0 Å². The number of aryl methyl sites for hydroxylation is 1. The van der Waals surface area contributed by atoms with Crippen LogP contribution < -0.4 is 16.4 Å². The number of nitrogens with zero attached hydrogens (tertiary/aromatic N) is 1. The topological polar surface area (TPSA) is 97.1 Å². The van der Waals surface area contributed by atoms with E-state index in [4.69, 9.17) is 22.3 Å². The number of anilines is 3. The van der Waals surface area contributed by atoms with Gasteiger partial charge >= 0.3 is 0 Å². The number of amides is 2. The highest BCUT2D eigenvalue weighted by Crippen LogP contribution is 2.42. The van der Waals surface area contributed by atoms with Gasteiger partial charge in [0.2, 0.25) is 0 Å². The van der Waals surface area contributed by atoms with Crippen LogP contribution in [0.1, 0.15) is 51.1 Å². The van der Waals surface area contributed by atoms with E-state index in [1.165, 1.54) is 16.9 Å². The standard InChI is InChI=1S/C31H26BrClN4O2S/c1-16(2)18-6-12-22(13-7-18)37-30(39)28-27(34)26-25(19-4-8-20(32)9-5-19)24(17(3)35-31(26)40-28)29(38)36-23-14-10-21(33)11-15-23/h4-16H,34H2,1-3H3,(H,36,38)(H,37,39). The zero-order valence-corrected chi connectivity index (χ0v) is 25.2. The summed E-state index contributed by atoms with van der Waals surface area (Å²) < 4.78 is 0.896. The number of nitrogens with one attached hydrogen (secondary N) is 2. The Bertz CT molecular complexity index is 1730. The molecule has 3 aromatic carbocycles. The number of fused-ring (bicyclic) bond motifs is 1. The average molecular weight is 634 g/mol. The first-order chi connectivity index (χ1) is 19.1. The SMILES string of the molecule is Cc1nc2sc(C(=O)Nc3ccc(C(C)C)cc3)c(N)c2c(-c2ccc(Br)cc2)c1C(=O)Nc1ccc(Cl)cc1. The van der Waals surface area contributed by atoms with Crippen molar-refractivity contribution >= 4 is 78.0 Å². The minimum atomic E-state index is -0.339. The molecule has 0 saturated carbocycles. The minimum Gasteiger partial charge on any atom is -0.397 e. The molecule has 0 saturated heterocycles. The van der Waals surface area contributed by atoms with Crippen molar-refractivity contribution in [3.05, 3.63) is 104 Å². The van der Waals surface area contributed by atoms with E-state index in [0.29, 0.717) is 54.2 Å². The number of pyridine rings is 1. The Morgan fingerprint density at radius 3 is 2.08 bits per heavy atom. The molecular formula is C31H26BrClN4O2S. The van der Waals surface area contributed by atoms with E-state index in [-0.39, 0.29) is 17.5 Å². The molecule has 0 bridgehead atoms. The summed E-state index contributed by atoms with van der Waals surface area (Å²) >= 11 is 10.7. The molecular weight excluding hydrogens is 608 g/mol. The van der Waals surface area contributed by atoms with Gasteiger partial charge in [0.15, 0.2) is 0 Å². The first-order valence-corrected chi connectivity index (χ1v) is 14.6. The third kappa shape index (κ3) is 5.61. The molecule has 202 valence electrons. The van der Waals surface area contributed by atoms with Gasteiger partial charge in [-0.3, -0.25) is 9.59 Å². The molecule has 2 heterocycles. The van der Waals surface area contributed by atoms with Gasteiger partial charge < -0.3 is 16.4 Å². The zero-order chi connectivity index (χ0) is 28.6. The van der Waals surface area contributed by atoms with Crippen molar-refractivity contribution in [3.8, 4) is 11.1 Å². The summed E-state index contributed by atoms with van der Waals surface area (Å²) in [4.78, 5) is 32.7. The summed E-state index contributed by atoms with van der Waals surface area (Å²) in [6.45, 7) is 6.02. The first kappa shape index (κ1) is 27.8. The van der Waals surface area contributed by atoms with Crippen LogP contribution in [0.2, 0.25) is 5.02 Å². The van der Waals surface area contributed by atoms with Crippen molar-refractivity contribution in [3.63, 3.8) is 0 Å². The van der Waals surface area contributed by atoms with E-state index in [2.05, 4.69) is 40.4 Å². The molecule has 40 heavy (non-hydrogen) atoms. The maximum atomic E-state index is 13.7. The van der Waals surface area contributed by atoms with Gasteiger partial charge in [-0.2, -0.15) is 0 Å². The van der Waals surface area contributed by atoms with Crippen molar-refractivity contribution in [2.24, 2.45) is 0 Å². The average Bonchev–Trinajstić information content (AvgIpc) is 3.25. The smallest absolute Gasteiger partial charge is 0.267 e. The highest BCUT2D eigenvalue weighted by Gasteiger charge is 2.27. The van der Waals surface area contributed by atoms with Crippen LogP contribution in [-0.2, 0) is 0 Å². The summed E-state index contributed by atoms with van der Waals surface area (Å²) in [6.07, 6.45) is 0. The van der Waals surface area contributed by atoms with Crippen molar-refractivity contribution in [2.45, 2.75) is 26.7 Å². The van der Waals surface area contributed by atoms with Gasteiger partial charge in [0, 0.05) is 31.8 Å². The number of aromatic nitrogens is 1. The quantitative estimate of drug-likeness (QED) is 0.174. The number of hydrogen-bond donors (Lipinski definition) is 3. The Kier molecular flexibility index (Phi) is 7.94. The molecule has 0 aliphatic rings. The van der Waals surface area contributed by atoms with Crippen LogP contribution in [-0.4, -0.2) is 16.8 Å². The second-order valence-corrected chi connectivity index (χ2v) is 12.0. The van der Waals surface area contributed by atoms with Gasteiger partial charge in [-0.05, 0) is 72.5 Å². The lowest BCUT2D eigenvalue weighted by Gasteiger charge is -2.15. The Morgan fingerprint density at radius 2 is 1.48 bits per heavy atom. The van der Waals surface area contributed by atoms with Crippen LogP contribution in [0.5, 0.6) is 0 Å². The summed E-state index contributed by atoms with van der Waals surface area (Å²) in [5, 5.41) is 7.03. The van der Waals surface area contributed by atoms with Crippen molar-refractivity contribution in [2.75, 3.05) is 16.4 Å². The van der Waals surface area contributed by atoms with Gasteiger partial charge in [-0.1, -0.05) is 65.6 Å². The lowest BCUT2D eigenvalue weighted by atomic mass is 9.94. The Labute approximate surface area is 249 Å². The van der Waals surface area contributed by atoms with Crippen molar-refractivity contribution < 1.29 is 9.59 Å². The second kappa shape index (κ2) is 11.4. The summed E-state index contributed by atoms with van der Waals surface area (Å²) in [7, 11) is 0. The molecule has 0 unspecified atom stereocenters. The normalized spacial score (nSPS) is 11.2. The zero-order valence-electron chi connectivity index (χ0n) is 22.0. The first-order valence-electron chi connectivity index (χ1n) is 12.6. The lowest BCUT2D eigenvalue weighted by Crippen LogP contribution is -2.16. The lowest BCUT2D eigenvalue weighted by molar-refractivity contribution is 0.102. The number of thiophene rings is 1. The Balaban J connectivity index is 1.61. The number of hydrogen-bond acceptors (Lipinski definition) is 5. The molecule has 5 aromatic rings. The van der Waals surface area contributed by atoms with Crippen LogP contribution in [0.4, 0.5) is 17.1 Å². The molecule has 4 N–H and O–H groups in total. The van der Waals surface area contributed by atoms with E-state index >= 15 is 0 Å². The number of nitrogens with two attached hydrogens (primary N) is 1. The number of nitrogen functional groups attached to an aromatic ring is 1. The molecule has 0 spiro atoms. The van der Waals surface area contributed by atoms with Crippen molar-refractivity contribution in [1.82, 2.24) is 4.98 Å². The predicted octanol–water partition coefficient (Wildman–Crippen LogP) is 8.90. The fraction of sp³-hybridized carbons (Fsp3) is 0.129. The van der Waals surface area contributed by atoms with Crippen LogP contribution in [0, 0.1) is 6.92 Å². The fourth-order valence-corrected chi connectivity index (χ4v) is 5.92. The molecule has 0 atom stereocenters. The molecule has 0 aliphatic heterocycles. The third-order valence-electron chi connectivity index (χ3n) is 6.56. The molecule has 0 fully saturated rings. The molecule has 0 aliphatic carbocycles. The molecule has 0 radical (unpaired) electrons. The minimum absolute atomic E-state index is 0.280. The largest absolute Gasteiger partial charge is 0.397 e. The maximum absolute atomic E-state index is 13.7. The third-order valence-corrected chi connectivity index (χ3v) is 8.44. The Morgan fingerprint density at radius 1 is 0.900 bits per heavy atom. The van der Waals surface area contributed by atoms with Gasteiger partial charge in [0.1, 0.15) is 9.71 Å². The maximum Gasteiger partial charge on any atom is 0.267 e. The number of carbonyl (C=O) groups excluding carboxylic acids is 2. The van der Waals surface area contributed by atoms with Gasteiger partial charge in [0.05, 0.1) is 16.9 Å². The van der Waals surface area contributed by atoms with E-state index in [9.17, 15) is 9.59 Å². The summed E-state index contributed by atoms with van der Waals surface area (Å²) in [5.41, 5.74) is 11.7. The summed E-state index contributed by atoms with van der Waals surface area (Å²) in [6, 6.07) is 22.2. The molecule has 6 nitrogen and oxygen atoms in total. The van der Waals surface area contributed by atoms with E-state index < -0.39 is 0 Å². The van der Waals surface area contributed by atoms with E-state index in [0.717, 1.165) is 10.0 Å². The molecule has 2 aromatic heterocycles. The monoisotopic (exact) mass is 632 g/mol. The number of rotatable bonds is 6. The molecule has 9 heteroatoms. The van der Waals surface area contributed by atoms with Crippen LogP contribution in [0.15, 0.2) is 77.3 Å². The van der Waals surface area contributed by atoms with E-state index in [1.807, 2.05) is 48.5 Å². The molecule has 5 rings (SSSR count). The highest BCUT2D eigenvalue weighted by molar-refractivity contribution is 9.10. The van der Waals surface area contributed by atoms with Crippen LogP contribution in [0.25, 0.3) is 21.3 Å². The Hall–Kier alpha value is -3.72. The highest BCUT2D eigenvalue weighted by atomic mass is 79.9. The van der Waals surface area contributed by atoms with Crippen LogP contribution >= 0.6 is 38.9 Å². The predicted molar refractivity (Wildman–Crippen MR) is 170 cm³/mol. The number of carbonyl (C=O) groups is 2. The number of benzene rings is 3. The second-order valence-electron chi connectivity index (χ2n) is 9.67. The summed E-state index contributed by atoms with van der Waals surface area (Å²) in [5.74, 6) is -0.279. The van der Waals surface area contributed by atoms with Crippen molar-refractivity contribution in [1.29, 1.82) is 0 Å². The van der Waals surface area contributed by atoms with Gasteiger partial charge in [-0.15, -0.1) is 11.3 Å². The van der Waals surface area contributed by atoms with E-state index in [1.54, 1.807) is 31.2 Å². The number of halogens is 2. The molecule has 2 amide bonds. The van der Waals surface area contributed by atoms with Gasteiger partial charge in [-0.25, -0.2) is 4.98 Å².